The molecule has 0 saturated carbocycles. The Hall–Kier alpha value is -2.49. The standard InChI is InChI=1S/C11H8F2N2O3/c12-8-3-7(5-16)4-9(13)11(8)18-6-10(17)15-2-1-14/h3-5H,2,6H2,(H,15,17). The van der Waals surface area contributed by atoms with Crippen molar-refractivity contribution in [2.45, 2.75) is 0 Å². The van der Waals surface area contributed by atoms with Gasteiger partial charge in [0.05, 0.1) is 6.07 Å². The normalized spacial score (nSPS) is 9.39. The van der Waals surface area contributed by atoms with E-state index in [-0.39, 0.29) is 18.4 Å². The van der Waals surface area contributed by atoms with Gasteiger partial charge < -0.3 is 10.1 Å². The second-order valence-electron chi connectivity index (χ2n) is 3.16. The largest absolute Gasteiger partial charge is 0.478 e. The predicted molar refractivity (Wildman–Crippen MR) is 55.9 cm³/mol. The van der Waals surface area contributed by atoms with Crippen molar-refractivity contribution in [1.29, 1.82) is 5.26 Å². The van der Waals surface area contributed by atoms with Crippen molar-refractivity contribution in [2.24, 2.45) is 0 Å². The average molecular weight is 254 g/mol. The van der Waals surface area contributed by atoms with E-state index >= 15 is 0 Å². The highest BCUT2D eigenvalue weighted by Crippen LogP contribution is 2.22. The van der Waals surface area contributed by atoms with Crippen LogP contribution in [0.25, 0.3) is 0 Å². The lowest BCUT2D eigenvalue weighted by atomic mass is 10.2. The molecule has 94 valence electrons. The van der Waals surface area contributed by atoms with Crippen LogP contribution in [-0.4, -0.2) is 25.3 Å². The Morgan fingerprint density at radius 1 is 1.44 bits per heavy atom. The fourth-order valence-electron chi connectivity index (χ4n) is 1.11. The number of carbonyl (C=O) groups excluding carboxylic acids is 2. The maximum atomic E-state index is 13.3. The Kier molecular flexibility index (Phi) is 4.75. The van der Waals surface area contributed by atoms with Gasteiger partial charge in [0, 0.05) is 5.56 Å². The van der Waals surface area contributed by atoms with E-state index < -0.39 is 29.9 Å². The molecule has 0 radical (unpaired) electrons. The molecule has 1 aromatic carbocycles. The van der Waals surface area contributed by atoms with Gasteiger partial charge in [-0.05, 0) is 12.1 Å². The second-order valence-corrected chi connectivity index (χ2v) is 3.16. The summed E-state index contributed by atoms with van der Waals surface area (Å²) < 4.78 is 31.2. The van der Waals surface area contributed by atoms with E-state index in [0.29, 0.717) is 0 Å². The zero-order valence-corrected chi connectivity index (χ0v) is 9.07. The van der Waals surface area contributed by atoms with Gasteiger partial charge in [0.15, 0.2) is 24.0 Å². The molecule has 0 spiro atoms. The number of amides is 1. The molecule has 0 aliphatic heterocycles. The van der Waals surface area contributed by atoms with Gasteiger partial charge in [-0.2, -0.15) is 5.26 Å². The number of nitriles is 1. The topological polar surface area (TPSA) is 79.2 Å². The molecule has 0 bridgehead atoms. The first kappa shape index (κ1) is 13.6. The molecule has 0 aliphatic rings. The number of nitrogens with one attached hydrogen (secondary N) is 1. The molecule has 1 aromatic rings. The van der Waals surface area contributed by atoms with Gasteiger partial charge in [-0.1, -0.05) is 0 Å². The molecule has 0 unspecified atom stereocenters. The van der Waals surface area contributed by atoms with E-state index in [2.05, 4.69) is 10.1 Å². The summed E-state index contributed by atoms with van der Waals surface area (Å²) >= 11 is 0. The maximum Gasteiger partial charge on any atom is 0.258 e. The minimum Gasteiger partial charge on any atom is -0.478 e. The van der Waals surface area contributed by atoms with Crippen LogP contribution in [0.2, 0.25) is 0 Å². The maximum absolute atomic E-state index is 13.3. The van der Waals surface area contributed by atoms with Crippen LogP contribution in [-0.2, 0) is 4.79 Å². The number of hydrogen-bond donors (Lipinski definition) is 1. The molecule has 7 heteroatoms. The molecular formula is C11H8F2N2O3. The number of ether oxygens (including phenoxy) is 1. The molecule has 5 nitrogen and oxygen atoms in total. The van der Waals surface area contributed by atoms with Crippen molar-refractivity contribution >= 4 is 12.2 Å². The van der Waals surface area contributed by atoms with E-state index in [1.54, 1.807) is 6.07 Å². The van der Waals surface area contributed by atoms with Crippen molar-refractivity contribution in [3.8, 4) is 11.8 Å². The monoisotopic (exact) mass is 254 g/mol. The van der Waals surface area contributed by atoms with Gasteiger partial charge in [-0.15, -0.1) is 0 Å². The number of aldehydes is 1. The third-order valence-corrected chi connectivity index (χ3v) is 1.87. The Labute approximate surface area is 101 Å². The number of carbonyl (C=O) groups is 2. The van der Waals surface area contributed by atoms with Gasteiger partial charge >= 0.3 is 0 Å². The van der Waals surface area contributed by atoms with E-state index in [1.807, 2.05) is 0 Å². The lowest BCUT2D eigenvalue weighted by molar-refractivity contribution is -0.122. The van der Waals surface area contributed by atoms with Crippen LogP contribution in [0, 0.1) is 23.0 Å². The Morgan fingerprint density at radius 2 is 2.06 bits per heavy atom. The average Bonchev–Trinajstić information content (AvgIpc) is 2.34. The lowest BCUT2D eigenvalue weighted by Gasteiger charge is -2.08. The number of benzene rings is 1. The highest BCUT2D eigenvalue weighted by molar-refractivity contribution is 5.78. The number of halogens is 2. The highest BCUT2D eigenvalue weighted by Gasteiger charge is 2.14. The van der Waals surface area contributed by atoms with Crippen LogP contribution < -0.4 is 10.1 Å². The third kappa shape index (κ3) is 3.52. The third-order valence-electron chi connectivity index (χ3n) is 1.87. The van der Waals surface area contributed by atoms with Crippen LogP contribution >= 0.6 is 0 Å². The molecule has 0 atom stereocenters. The summed E-state index contributed by atoms with van der Waals surface area (Å²) in [5.74, 6) is -3.59. The van der Waals surface area contributed by atoms with Gasteiger partial charge in [0.2, 0.25) is 0 Å². The SMILES string of the molecule is N#CCNC(=O)COc1c(F)cc(C=O)cc1F. The summed E-state index contributed by atoms with van der Waals surface area (Å²) in [5.41, 5.74) is -0.175. The number of rotatable bonds is 5. The molecular weight excluding hydrogens is 246 g/mol. The van der Waals surface area contributed by atoms with Crippen molar-refractivity contribution in [2.75, 3.05) is 13.2 Å². The smallest absolute Gasteiger partial charge is 0.258 e. The summed E-state index contributed by atoms with van der Waals surface area (Å²) in [5, 5.41) is 10.3. The molecule has 18 heavy (non-hydrogen) atoms. The van der Waals surface area contributed by atoms with Crippen molar-refractivity contribution < 1.29 is 23.1 Å². The molecule has 0 fully saturated rings. The molecule has 0 saturated heterocycles. The minimum absolute atomic E-state index is 0.175. The van der Waals surface area contributed by atoms with Crippen molar-refractivity contribution in [3.63, 3.8) is 0 Å². The highest BCUT2D eigenvalue weighted by atomic mass is 19.1. The molecule has 1 amide bonds. The van der Waals surface area contributed by atoms with E-state index in [9.17, 15) is 18.4 Å². The van der Waals surface area contributed by atoms with E-state index in [0.717, 1.165) is 12.1 Å². The molecule has 1 rings (SSSR count). The fraction of sp³-hybridized carbons (Fsp3) is 0.182. The zero-order chi connectivity index (χ0) is 13.5. The van der Waals surface area contributed by atoms with E-state index in [4.69, 9.17) is 5.26 Å². The van der Waals surface area contributed by atoms with E-state index in [1.165, 1.54) is 0 Å². The van der Waals surface area contributed by atoms with Gasteiger partial charge in [0.25, 0.3) is 5.91 Å². The van der Waals surface area contributed by atoms with Crippen LogP contribution in [0.4, 0.5) is 8.78 Å². The number of hydrogen-bond acceptors (Lipinski definition) is 4. The summed E-state index contributed by atoms with van der Waals surface area (Å²) in [4.78, 5) is 21.4. The van der Waals surface area contributed by atoms with Crippen molar-refractivity contribution in [1.82, 2.24) is 5.32 Å². The summed E-state index contributed by atoms with van der Waals surface area (Å²) in [6, 6.07) is 3.24. The zero-order valence-electron chi connectivity index (χ0n) is 9.07. The first-order chi connectivity index (χ1) is 8.58. The quantitative estimate of drug-likeness (QED) is 0.622. The van der Waals surface area contributed by atoms with Crippen LogP contribution in [0.3, 0.4) is 0 Å². The molecule has 1 N–H and O–H groups in total. The molecule has 0 aromatic heterocycles. The Bertz CT molecular complexity index is 488. The van der Waals surface area contributed by atoms with Crippen LogP contribution in [0.15, 0.2) is 12.1 Å². The first-order valence-electron chi connectivity index (χ1n) is 4.79. The molecule has 0 aliphatic carbocycles. The summed E-state index contributed by atoms with van der Waals surface area (Å²) in [6.45, 7) is -0.854. The van der Waals surface area contributed by atoms with Crippen molar-refractivity contribution in [3.05, 3.63) is 29.3 Å². The lowest BCUT2D eigenvalue weighted by Crippen LogP contribution is -2.29. The van der Waals surface area contributed by atoms with Gasteiger partial charge in [-0.25, -0.2) is 8.78 Å². The second kappa shape index (κ2) is 6.30. The fourth-order valence-corrected chi connectivity index (χ4v) is 1.11. The molecule has 0 heterocycles. The number of nitrogens with zero attached hydrogens (tertiary/aromatic N) is 1. The van der Waals surface area contributed by atoms with Crippen LogP contribution in [0.5, 0.6) is 5.75 Å². The summed E-state index contributed by atoms with van der Waals surface area (Å²) in [6.07, 6.45) is 0.287. The Balaban J connectivity index is 2.71. The first-order valence-corrected chi connectivity index (χ1v) is 4.79. The predicted octanol–water partition coefficient (Wildman–Crippen LogP) is 0.796. The minimum atomic E-state index is -1.08. The van der Waals surface area contributed by atoms with Crippen LogP contribution in [0.1, 0.15) is 10.4 Å². The van der Waals surface area contributed by atoms with Gasteiger partial charge in [0.1, 0.15) is 12.8 Å². The summed E-state index contributed by atoms with van der Waals surface area (Å²) in [7, 11) is 0. The van der Waals surface area contributed by atoms with Gasteiger partial charge in [-0.3, -0.25) is 9.59 Å². The Morgan fingerprint density at radius 3 is 2.56 bits per heavy atom.